The summed E-state index contributed by atoms with van der Waals surface area (Å²) in [7, 11) is 0. The first-order valence-corrected chi connectivity index (χ1v) is 11.4. The Kier molecular flexibility index (Phi) is 6.33. The maximum absolute atomic E-state index is 13.5. The molecule has 1 aromatic heterocycles. The first kappa shape index (κ1) is 19.9. The third-order valence-electron chi connectivity index (χ3n) is 6.45. The maximum Gasteiger partial charge on any atom is 0.251 e. The monoisotopic (exact) mass is 405 g/mol. The fraction of sp³-hybridized carbons (Fsp3) is 0.714. The Morgan fingerprint density at radius 2 is 1.86 bits per heavy atom. The van der Waals surface area contributed by atoms with Crippen LogP contribution in [-0.4, -0.2) is 78.5 Å². The molecule has 0 unspecified atom stereocenters. The molecule has 28 heavy (non-hydrogen) atoms. The SMILES string of the molecule is CC1CCC(N2CC(=O)N(CCN3CCOCC3)[C@H](c3cccs3)C2=O)CC1. The van der Waals surface area contributed by atoms with Gasteiger partial charge in [-0.3, -0.25) is 14.5 Å². The molecular weight excluding hydrogens is 374 g/mol. The molecule has 0 spiro atoms. The van der Waals surface area contributed by atoms with Gasteiger partial charge in [0, 0.05) is 37.1 Å². The van der Waals surface area contributed by atoms with Gasteiger partial charge >= 0.3 is 0 Å². The predicted molar refractivity (Wildman–Crippen MR) is 109 cm³/mol. The smallest absolute Gasteiger partial charge is 0.251 e. The van der Waals surface area contributed by atoms with Crippen LogP contribution in [0.3, 0.4) is 0 Å². The second kappa shape index (κ2) is 8.93. The van der Waals surface area contributed by atoms with Crippen molar-refractivity contribution in [2.45, 2.75) is 44.7 Å². The van der Waals surface area contributed by atoms with Gasteiger partial charge in [-0.05, 0) is 43.0 Å². The molecule has 2 aliphatic heterocycles. The average Bonchev–Trinajstić information content (AvgIpc) is 3.24. The van der Waals surface area contributed by atoms with E-state index in [-0.39, 0.29) is 24.4 Å². The highest BCUT2D eigenvalue weighted by Crippen LogP contribution is 2.35. The fourth-order valence-electron chi connectivity index (χ4n) is 4.66. The summed E-state index contributed by atoms with van der Waals surface area (Å²) in [6.45, 7) is 7.19. The van der Waals surface area contributed by atoms with Crippen LogP contribution in [0.15, 0.2) is 17.5 Å². The average molecular weight is 406 g/mol. The molecule has 2 amide bonds. The van der Waals surface area contributed by atoms with E-state index in [4.69, 9.17) is 4.74 Å². The molecule has 4 rings (SSSR count). The second-order valence-electron chi connectivity index (χ2n) is 8.34. The summed E-state index contributed by atoms with van der Waals surface area (Å²) < 4.78 is 5.42. The third kappa shape index (κ3) is 4.26. The summed E-state index contributed by atoms with van der Waals surface area (Å²) in [5.41, 5.74) is 0. The van der Waals surface area contributed by atoms with E-state index >= 15 is 0 Å². The molecule has 7 heteroatoms. The minimum atomic E-state index is -0.457. The van der Waals surface area contributed by atoms with Crippen molar-refractivity contribution in [2.24, 2.45) is 5.92 Å². The van der Waals surface area contributed by atoms with Gasteiger partial charge in [-0.15, -0.1) is 11.3 Å². The molecule has 1 saturated carbocycles. The summed E-state index contributed by atoms with van der Waals surface area (Å²) in [6, 6.07) is 3.73. The Balaban J connectivity index is 1.50. The lowest BCUT2D eigenvalue weighted by Crippen LogP contribution is -2.59. The van der Waals surface area contributed by atoms with Gasteiger partial charge in [0.15, 0.2) is 0 Å². The van der Waals surface area contributed by atoms with E-state index in [0.717, 1.165) is 69.3 Å². The number of hydrogen-bond acceptors (Lipinski definition) is 5. The van der Waals surface area contributed by atoms with Gasteiger partial charge in [-0.1, -0.05) is 13.0 Å². The van der Waals surface area contributed by atoms with Gasteiger partial charge in [0.25, 0.3) is 5.91 Å². The van der Waals surface area contributed by atoms with Gasteiger partial charge in [-0.25, -0.2) is 0 Å². The van der Waals surface area contributed by atoms with Crippen molar-refractivity contribution in [2.75, 3.05) is 45.9 Å². The quantitative estimate of drug-likeness (QED) is 0.755. The van der Waals surface area contributed by atoms with Gasteiger partial charge in [-0.2, -0.15) is 0 Å². The van der Waals surface area contributed by atoms with Crippen LogP contribution in [0.2, 0.25) is 0 Å². The number of amides is 2. The highest BCUT2D eigenvalue weighted by atomic mass is 32.1. The van der Waals surface area contributed by atoms with E-state index < -0.39 is 6.04 Å². The molecular formula is C21H31N3O3S. The van der Waals surface area contributed by atoms with Crippen molar-refractivity contribution >= 4 is 23.2 Å². The van der Waals surface area contributed by atoms with Crippen LogP contribution in [0, 0.1) is 5.92 Å². The maximum atomic E-state index is 13.5. The topological polar surface area (TPSA) is 53.1 Å². The molecule has 1 atom stereocenters. The van der Waals surface area contributed by atoms with Crippen LogP contribution in [-0.2, 0) is 14.3 Å². The lowest BCUT2D eigenvalue weighted by molar-refractivity contribution is -0.159. The fourth-order valence-corrected chi connectivity index (χ4v) is 5.49. The normalized spacial score (nSPS) is 30.1. The van der Waals surface area contributed by atoms with E-state index in [1.165, 1.54) is 0 Å². The van der Waals surface area contributed by atoms with Crippen LogP contribution in [0.25, 0.3) is 0 Å². The van der Waals surface area contributed by atoms with Crippen LogP contribution in [0.4, 0.5) is 0 Å². The molecule has 1 aliphatic carbocycles. The van der Waals surface area contributed by atoms with Crippen LogP contribution in [0.5, 0.6) is 0 Å². The molecule has 3 fully saturated rings. The zero-order valence-electron chi connectivity index (χ0n) is 16.7. The number of carbonyl (C=O) groups excluding carboxylic acids is 2. The number of ether oxygens (including phenoxy) is 1. The number of morpholine rings is 1. The second-order valence-corrected chi connectivity index (χ2v) is 9.32. The van der Waals surface area contributed by atoms with Gasteiger partial charge in [0.05, 0.1) is 13.2 Å². The van der Waals surface area contributed by atoms with Gasteiger partial charge in [0.1, 0.15) is 12.6 Å². The standard InChI is InChI=1S/C21H31N3O3S/c1-16-4-6-17(7-5-16)24-15-19(25)23(9-8-22-10-12-27-13-11-22)20(21(24)26)18-3-2-14-28-18/h2-3,14,16-17,20H,4-13,15H2,1H3/t16?,17?,20-/m1/s1. The van der Waals surface area contributed by atoms with Crippen molar-refractivity contribution in [3.05, 3.63) is 22.4 Å². The van der Waals surface area contributed by atoms with E-state index in [2.05, 4.69) is 11.8 Å². The molecule has 1 aromatic rings. The van der Waals surface area contributed by atoms with Crippen molar-refractivity contribution in [3.63, 3.8) is 0 Å². The number of rotatable bonds is 5. The summed E-state index contributed by atoms with van der Waals surface area (Å²) >= 11 is 1.57. The van der Waals surface area contributed by atoms with E-state index in [1.54, 1.807) is 11.3 Å². The molecule has 0 bridgehead atoms. The van der Waals surface area contributed by atoms with Gasteiger partial charge < -0.3 is 14.5 Å². The predicted octanol–water partition coefficient (Wildman–Crippen LogP) is 2.37. The molecule has 2 saturated heterocycles. The Morgan fingerprint density at radius 1 is 1.11 bits per heavy atom. The highest BCUT2D eigenvalue weighted by molar-refractivity contribution is 7.10. The Hall–Kier alpha value is -1.44. The lowest BCUT2D eigenvalue weighted by Gasteiger charge is -2.45. The zero-order valence-corrected chi connectivity index (χ0v) is 17.5. The summed E-state index contributed by atoms with van der Waals surface area (Å²) in [5.74, 6) is 0.929. The van der Waals surface area contributed by atoms with E-state index in [0.29, 0.717) is 6.54 Å². The number of carbonyl (C=O) groups is 2. The zero-order chi connectivity index (χ0) is 19.5. The minimum absolute atomic E-state index is 0.0879. The molecule has 0 N–H and O–H groups in total. The number of thiophene rings is 1. The number of piperazine rings is 1. The molecule has 154 valence electrons. The molecule has 0 radical (unpaired) electrons. The van der Waals surface area contributed by atoms with Crippen LogP contribution >= 0.6 is 11.3 Å². The van der Waals surface area contributed by atoms with Crippen LogP contribution in [0.1, 0.15) is 43.5 Å². The number of hydrogen-bond donors (Lipinski definition) is 0. The van der Waals surface area contributed by atoms with E-state index in [9.17, 15) is 9.59 Å². The van der Waals surface area contributed by atoms with Crippen molar-refractivity contribution in [3.8, 4) is 0 Å². The van der Waals surface area contributed by atoms with Gasteiger partial charge in [0.2, 0.25) is 5.91 Å². The Bertz CT molecular complexity index is 666. The Morgan fingerprint density at radius 3 is 2.54 bits per heavy atom. The first-order chi connectivity index (χ1) is 13.6. The number of nitrogens with zero attached hydrogens (tertiary/aromatic N) is 3. The van der Waals surface area contributed by atoms with Crippen molar-refractivity contribution < 1.29 is 14.3 Å². The van der Waals surface area contributed by atoms with Crippen LogP contribution < -0.4 is 0 Å². The summed E-state index contributed by atoms with van der Waals surface area (Å²) in [4.78, 5) is 33.7. The largest absolute Gasteiger partial charge is 0.379 e. The summed E-state index contributed by atoms with van der Waals surface area (Å²) in [5, 5.41) is 1.99. The highest BCUT2D eigenvalue weighted by Gasteiger charge is 2.43. The van der Waals surface area contributed by atoms with E-state index in [1.807, 2.05) is 27.3 Å². The third-order valence-corrected chi connectivity index (χ3v) is 7.38. The van der Waals surface area contributed by atoms with Crippen molar-refractivity contribution in [1.82, 2.24) is 14.7 Å². The minimum Gasteiger partial charge on any atom is -0.379 e. The molecule has 6 nitrogen and oxygen atoms in total. The summed E-state index contributed by atoms with van der Waals surface area (Å²) in [6.07, 6.45) is 4.33. The molecule has 3 heterocycles. The Labute approximate surface area is 171 Å². The molecule has 0 aromatic carbocycles. The molecule has 3 aliphatic rings. The first-order valence-electron chi connectivity index (χ1n) is 10.6. The lowest BCUT2D eigenvalue weighted by atomic mass is 9.86. The van der Waals surface area contributed by atoms with Crippen molar-refractivity contribution in [1.29, 1.82) is 0 Å².